The molecule has 190 valence electrons. The number of carbonyl (C=O) groups excluding carboxylic acids is 1. The molecular formula is C25H25ClFN3O5S. The summed E-state index contributed by atoms with van der Waals surface area (Å²) >= 11 is 5.93. The van der Waals surface area contributed by atoms with Gasteiger partial charge in [-0.15, -0.1) is 0 Å². The Labute approximate surface area is 212 Å². The third kappa shape index (κ3) is 7.02. The molecule has 3 N–H and O–H groups in total. The molecule has 11 heteroatoms. The molecule has 3 rings (SSSR count). The lowest BCUT2D eigenvalue weighted by atomic mass is 9.85. The molecule has 0 saturated carbocycles. The monoisotopic (exact) mass is 533 g/mol. The lowest BCUT2D eigenvalue weighted by molar-refractivity contribution is 0.0956. The number of benzene rings is 2. The molecule has 2 aromatic carbocycles. The Kier molecular flexibility index (Phi) is 8.65. The number of carbonyl (C=O) groups is 1. The number of H-pyrrole nitrogens is 1. The van der Waals surface area contributed by atoms with Gasteiger partial charge in [-0.2, -0.15) is 0 Å². The fourth-order valence-corrected chi connectivity index (χ4v) is 4.32. The first kappa shape index (κ1) is 27.1. The fraction of sp³-hybridized carbons (Fsp3) is 0.240. The van der Waals surface area contributed by atoms with E-state index in [2.05, 4.69) is 15.5 Å². The lowest BCUT2D eigenvalue weighted by Gasteiger charge is -2.20. The summed E-state index contributed by atoms with van der Waals surface area (Å²) in [6, 6.07) is 12.3. The molecule has 1 aromatic heterocycles. The lowest BCUT2D eigenvalue weighted by Crippen LogP contribution is -2.28. The second-order valence-corrected chi connectivity index (χ2v) is 11.1. The summed E-state index contributed by atoms with van der Waals surface area (Å²) in [6.07, 6.45) is 2.58. The molecule has 1 atom stereocenters. The number of amides is 1. The van der Waals surface area contributed by atoms with Crippen LogP contribution in [0.4, 0.5) is 4.39 Å². The highest BCUT2D eigenvalue weighted by molar-refractivity contribution is 7.90. The number of aromatic nitrogens is 1. The van der Waals surface area contributed by atoms with Crippen LogP contribution in [0.1, 0.15) is 45.0 Å². The van der Waals surface area contributed by atoms with Gasteiger partial charge < -0.3 is 15.5 Å². The van der Waals surface area contributed by atoms with Gasteiger partial charge in [0, 0.05) is 53.0 Å². The minimum atomic E-state index is -3.21. The first-order valence-electron chi connectivity index (χ1n) is 10.9. The van der Waals surface area contributed by atoms with Crippen molar-refractivity contribution in [3.63, 3.8) is 0 Å². The molecule has 8 nitrogen and oxygen atoms in total. The number of hydrogen-bond donors (Lipinski definition) is 3. The number of halogens is 2. The van der Waals surface area contributed by atoms with Crippen LogP contribution in [0.25, 0.3) is 0 Å². The summed E-state index contributed by atoms with van der Waals surface area (Å²) in [5.41, 5.74) is 2.07. The highest BCUT2D eigenvalue weighted by Crippen LogP contribution is 2.33. The summed E-state index contributed by atoms with van der Waals surface area (Å²) in [5, 5.41) is 15.9. The van der Waals surface area contributed by atoms with Crippen LogP contribution in [0.15, 0.2) is 64.7 Å². The zero-order valence-corrected chi connectivity index (χ0v) is 21.2. The van der Waals surface area contributed by atoms with E-state index in [1.807, 2.05) is 0 Å². The average Bonchev–Trinajstić information content (AvgIpc) is 2.82. The summed E-state index contributed by atoms with van der Waals surface area (Å²) in [7, 11) is -3.21. The van der Waals surface area contributed by atoms with Gasteiger partial charge in [-0.25, -0.2) is 12.8 Å². The fourth-order valence-electron chi connectivity index (χ4n) is 3.68. The predicted octanol–water partition coefficient (Wildman–Crippen LogP) is 3.65. The zero-order valence-electron chi connectivity index (χ0n) is 19.6. The van der Waals surface area contributed by atoms with Crippen molar-refractivity contribution in [3.8, 4) is 0 Å². The minimum absolute atomic E-state index is 0.0209. The summed E-state index contributed by atoms with van der Waals surface area (Å²) < 4.78 is 37.5. The van der Waals surface area contributed by atoms with E-state index < -0.39 is 27.5 Å². The maximum absolute atomic E-state index is 15.0. The van der Waals surface area contributed by atoms with Crippen LogP contribution >= 0.6 is 11.6 Å². The Balaban J connectivity index is 1.93. The Hall–Kier alpha value is -3.50. The van der Waals surface area contributed by atoms with E-state index in [4.69, 9.17) is 11.6 Å². The van der Waals surface area contributed by atoms with Crippen LogP contribution < -0.4 is 10.9 Å². The SMILES string of the molecule is Cc1cc(/C(CC(c2ccc(C(=O)NCCS(C)(=O)=O)cc2)c2ccc(Cl)cc2F)=N/O)c[nH]c1=O. The van der Waals surface area contributed by atoms with Crippen LogP contribution in [0, 0.1) is 12.7 Å². The number of aromatic amines is 1. The summed E-state index contributed by atoms with van der Waals surface area (Å²) in [5.74, 6) is -1.80. The normalized spacial score (nSPS) is 12.8. The molecular weight excluding hydrogens is 509 g/mol. The molecule has 1 heterocycles. The highest BCUT2D eigenvalue weighted by atomic mass is 35.5. The van der Waals surface area contributed by atoms with E-state index in [0.717, 1.165) is 6.26 Å². The number of hydrogen-bond acceptors (Lipinski definition) is 6. The third-order valence-corrected chi connectivity index (χ3v) is 6.79. The topological polar surface area (TPSA) is 129 Å². The number of nitrogens with one attached hydrogen (secondary N) is 2. The minimum Gasteiger partial charge on any atom is -0.411 e. The van der Waals surface area contributed by atoms with Crippen molar-refractivity contribution in [2.75, 3.05) is 18.6 Å². The molecule has 0 saturated heterocycles. The maximum Gasteiger partial charge on any atom is 0.251 e. The predicted molar refractivity (Wildman–Crippen MR) is 136 cm³/mol. The second kappa shape index (κ2) is 11.5. The molecule has 0 aliphatic carbocycles. The second-order valence-electron chi connectivity index (χ2n) is 8.38. The van der Waals surface area contributed by atoms with Crippen molar-refractivity contribution in [1.82, 2.24) is 10.3 Å². The third-order valence-electron chi connectivity index (χ3n) is 5.61. The summed E-state index contributed by atoms with van der Waals surface area (Å²) in [6.45, 7) is 1.60. The van der Waals surface area contributed by atoms with E-state index in [9.17, 15) is 27.6 Å². The van der Waals surface area contributed by atoms with Crippen LogP contribution in [0.2, 0.25) is 5.02 Å². The number of aryl methyl sites for hydroxylation is 1. The van der Waals surface area contributed by atoms with Gasteiger partial charge in [0.15, 0.2) is 0 Å². The number of sulfone groups is 1. The van der Waals surface area contributed by atoms with Crippen LogP contribution in [-0.2, 0) is 9.84 Å². The maximum atomic E-state index is 15.0. The Morgan fingerprint density at radius 1 is 1.17 bits per heavy atom. The van der Waals surface area contributed by atoms with Gasteiger partial charge in [-0.05, 0) is 48.4 Å². The number of rotatable bonds is 9. The highest BCUT2D eigenvalue weighted by Gasteiger charge is 2.23. The molecule has 1 unspecified atom stereocenters. The van der Waals surface area contributed by atoms with Crippen LogP contribution in [0.5, 0.6) is 0 Å². The Morgan fingerprint density at radius 3 is 2.44 bits per heavy atom. The van der Waals surface area contributed by atoms with Gasteiger partial charge in [-0.1, -0.05) is 35.0 Å². The van der Waals surface area contributed by atoms with Crippen molar-refractivity contribution in [3.05, 3.63) is 104 Å². The molecule has 0 aliphatic heterocycles. The molecule has 0 aliphatic rings. The Morgan fingerprint density at radius 2 is 1.86 bits per heavy atom. The van der Waals surface area contributed by atoms with Crippen LogP contribution in [-0.4, -0.2) is 48.8 Å². The van der Waals surface area contributed by atoms with Gasteiger partial charge >= 0.3 is 0 Å². The van der Waals surface area contributed by atoms with E-state index in [1.165, 1.54) is 12.3 Å². The Bertz CT molecular complexity index is 1450. The van der Waals surface area contributed by atoms with Gasteiger partial charge in [0.05, 0.1) is 11.5 Å². The molecule has 1 amide bonds. The number of nitrogens with zero attached hydrogens (tertiary/aromatic N) is 1. The molecule has 0 radical (unpaired) electrons. The smallest absolute Gasteiger partial charge is 0.251 e. The molecule has 0 spiro atoms. The molecule has 36 heavy (non-hydrogen) atoms. The quantitative estimate of drug-likeness (QED) is 0.220. The first-order chi connectivity index (χ1) is 17.0. The van der Waals surface area contributed by atoms with Crippen LogP contribution in [0.3, 0.4) is 0 Å². The van der Waals surface area contributed by atoms with Gasteiger partial charge in [0.25, 0.3) is 11.5 Å². The van der Waals surface area contributed by atoms with E-state index in [1.54, 1.807) is 49.4 Å². The van der Waals surface area contributed by atoms with Crippen molar-refractivity contribution in [2.45, 2.75) is 19.3 Å². The van der Waals surface area contributed by atoms with Crippen molar-refractivity contribution in [2.24, 2.45) is 5.16 Å². The van der Waals surface area contributed by atoms with Crippen molar-refractivity contribution < 1.29 is 22.8 Å². The van der Waals surface area contributed by atoms with Crippen molar-refractivity contribution >= 4 is 33.1 Å². The molecule has 3 aromatic rings. The zero-order chi connectivity index (χ0) is 26.5. The van der Waals surface area contributed by atoms with E-state index >= 15 is 0 Å². The molecule has 0 bridgehead atoms. The number of pyridine rings is 1. The number of oxime groups is 1. The largest absolute Gasteiger partial charge is 0.411 e. The average molecular weight is 534 g/mol. The van der Waals surface area contributed by atoms with Gasteiger partial charge in [-0.3, -0.25) is 9.59 Å². The first-order valence-corrected chi connectivity index (χ1v) is 13.3. The van der Waals surface area contributed by atoms with Gasteiger partial charge in [0.1, 0.15) is 15.7 Å². The summed E-state index contributed by atoms with van der Waals surface area (Å²) in [4.78, 5) is 26.7. The van der Waals surface area contributed by atoms with E-state index in [0.29, 0.717) is 27.8 Å². The van der Waals surface area contributed by atoms with Crippen molar-refractivity contribution in [1.29, 1.82) is 0 Å². The van der Waals surface area contributed by atoms with E-state index in [-0.39, 0.29) is 35.0 Å². The van der Waals surface area contributed by atoms with Gasteiger partial charge in [0.2, 0.25) is 0 Å². The standard InChI is InChI=1S/C25H25ClFN3O5S/c1-15-11-18(14-29-24(15)31)23(30-33)13-21(20-8-7-19(26)12-22(20)27)16-3-5-17(6-4-16)25(32)28-9-10-36(2,34)35/h3-8,11-12,14,21,33H,9-10,13H2,1-2H3,(H,28,32)(H,29,31)/b30-23+. The molecule has 0 fully saturated rings.